The summed E-state index contributed by atoms with van der Waals surface area (Å²) >= 11 is 0. The largest absolute Gasteiger partial charge is 0.298 e. The van der Waals surface area contributed by atoms with Gasteiger partial charge in [0.25, 0.3) is 0 Å². The minimum absolute atomic E-state index is 0.126. The van der Waals surface area contributed by atoms with Gasteiger partial charge in [-0.1, -0.05) is 12.1 Å². The first-order chi connectivity index (χ1) is 9.52. The molecule has 0 fully saturated rings. The molecule has 0 amide bonds. The standard InChI is InChI=1S/C15H11FO3S/c16-13-5-6-14-12(8-13)4-3-11-2-1-10(9-17)7-15(11)20(14,18)19/h1-2,5-9H,3-4H2. The summed E-state index contributed by atoms with van der Waals surface area (Å²) < 4.78 is 38.6. The van der Waals surface area contributed by atoms with Gasteiger partial charge in [0.05, 0.1) is 9.79 Å². The fraction of sp³-hybridized carbons (Fsp3) is 0.133. The molecule has 2 aromatic carbocycles. The highest BCUT2D eigenvalue weighted by molar-refractivity contribution is 7.91. The summed E-state index contributed by atoms with van der Waals surface area (Å²) in [6, 6.07) is 8.33. The van der Waals surface area contributed by atoms with E-state index < -0.39 is 15.7 Å². The molecular weight excluding hydrogens is 279 g/mol. The van der Waals surface area contributed by atoms with Gasteiger partial charge in [0.15, 0.2) is 0 Å². The molecule has 0 N–H and O–H groups in total. The first kappa shape index (κ1) is 13.0. The lowest BCUT2D eigenvalue weighted by Crippen LogP contribution is -2.05. The number of carbonyl (C=O) groups excluding carboxylic acids is 1. The van der Waals surface area contributed by atoms with E-state index in [9.17, 15) is 17.6 Å². The molecule has 0 aromatic heterocycles. The van der Waals surface area contributed by atoms with Crippen molar-refractivity contribution in [3.8, 4) is 0 Å². The molecule has 1 aliphatic heterocycles. The molecular formula is C15H11FO3S. The van der Waals surface area contributed by atoms with E-state index in [1.54, 1.807) is 12.1 Å². The zero-order chi connectivity index (χ0) is 14.3. The molecule has 0 aliphatic carbocycles. The Balaban J connectivity index is 2.31. The molecule has 0 bridgehead atoms. The Morgan fingerprint density at radius 2 is 1.70 bits per heavy atom. The number of hydrogen-bond donors (Lipinski definition) is 0. The van der Waals surface area contributed by atoms with Gasteiger partial charge in [-0.05, 0) is 48.2 Å². The van der Waals surface area contributed by atoms with Crippen LogP contribution in [0.15, 0.2) is 46.2 Å². The molecule has 102 valence electrons. The Morgan fingerprint density at radius 1 is 0.950 bits per heavy atom. The van der Waals surface area contributed by atoms with E-state index in [-0.39, 0.29) is 9.79 Å². The van der Waals surface area contributed by atoms with Crippen LogP contribution in [-0.4, -0.2) is 14.7 Å². The first-order valence-corrected chi connectivity index (χ1v) is 7.62. The third kappa shape index (κ3) is 1.94. The third-order valence-electron chi connectivity index (χ3n) is 3.49. The second-order valence-electron chi connectivity index (χ2n) is 4.74. The molecule has 0 radical (unpaired) electrons. The molecule has 2 aromatic rings. The van der Waals surface area contributed by atoms with Crippen LogP contribution in [0.1, 0.15) is 21.5 Å². The SMILES string of the molecule is O=Cc1ccc2c(c1)S(=O)(=O)c1ccc(F)cc1CC2. The van der Waals surface area contributed by atoms with Crippen molar-refractivity contribution in [2.24, 2.45) is 0 Å². The minimum Gasteiger partial charge on any atom is -0.298 e. The van der Waals surface area contributed by atoms with Crippen molar-refractivity contribution in [2.45, 2.75) is 22.6 Å². The van der Waals surface area contributed by atoms with Crippen molar-refractivity contribution >= 4 is 16.1 Å². The number of aryl methyl sites for hydroxylation is 2. The van der Waals surface area contributed by atoms with E-state index in [0.717, 1.165) is 6.07 Å². The Bertz CT molecular complexity index is 810. The molecule has 3 rings (SSSR count). The van der Waals surface area contributed by atoms with Gasteiger partial charge in [-0.2, -0.15) is 0 Å². The van der Waals surface area contributed by atoms with Gasteiger partial charge in [0.1, 0.15) is 12.1 Å². The molecule has 3 nitrogen and oxygen atoms in total. The molecule has 1 aliphatic rings. The number of benzene rings is 2. The second kappa shape index (κ2) is 4.52. The maximum atomic E-state index is 13.3. The molecule has 0 unspecified atom stereocenters. The lowest BCUT2D eigenvalue weighted by molar-refractivity contribution is 0.112. The van der Waals surface area contributed by atoms with Crippen LogP contribution in [0.3, 0.4) is 0 Å². The molecule has 1 heterocycles. The summed E-state index contributed by atoms with van der Waals surface area (Å²) in [6.07, 6.45) is 1.58. The number of rotatable bonds is 1. The summed E-state index contributed by atoms with van der Waals surface area (Å²) in [4.78, 5) is 11.1. The average molecular weight is 290 g/mol. The number of aldehydes is 1. The van der Waals surface area contributed by atoms with Crippen molar-refractivity contribution in [2.75, 3.05) is 0 Å². The molecule has 0 saturated heterocycles. The number of fused-ring (bicyclic) bond motifs is 2. The quantitative estimate of drug-likeness (QED) is 0.599. The van der Waals surface area contributed by atoms with Gasteiger partial charge < -0.3 is 0 Å². The maximum absolute atomic E-state index is 13.3. The highest BCUT2D eigenvalue weighted by Gasteiger charge is 2.27. The van der Waals surface area contributed by atoms with E-state index in [1.165, 1.54) is 18.2 Å². The summed E-state index contributed by atoms with van der Waals surface area (Å²) in [5, 5.41) is 0. The van der Waals surface area contributed by atoms with Crippen LogP contribution in [0.5, 0.6) is 0 Å². The van der Waals surface area contributed by atoms with Crippen LogP contribution in [0, 0.1) is 5.82 Å². The number of halogens is 1. The van der Waals surface area contributed by atoms with Crippen LogP contribution in [0.4, 0.5) is 4.39 Å². The highest BCUT2D eigenvalue weighted by atomic mass is 32.2. The zero-order valence-electron chi connectivity index (χ0n) is 10.5. The van der Waals surface area contributed by atoms with Crippen LogP contribution < -0.4 is 0 Å². The number of carbonyl (C=O) groups is 1. The molecule has 20 heavy (non-hydrogen) atoms. The van der Waals surface area contributed by atoms with Crippen LogP contribution in [-0.2, 0) is 22.7 Å². The van der Waals surface area contributed by atoms with Crippen molar-refractivity contribution in [1.82, 2.24) is 0 Å². The zero-order valence-corrected chi connectivity index (χ0v) is 11.3. The van der Waals surface area contributed by atoms with Gasteiger partial charge >= 0.3 is 0 Å². The van der Waals surface area contributed by atoms with Gasteiger partial charge in [-0.3, -0.25) is 4.79 Å². The first-order valence-electron chi connectivity index (χ1n) is 6.14. The summed E-state index contributed by atoms with van der Waals surface area (Å²) in [5.41, 5.74) is 1.46. The van der Waals surface area contributed by atoms with Crippen molar-refractivity contribution < 1.29 is 17.6 Å². The van der Waals surface area contributed by atoms with Crippen molar-refractivity contribution in [3.63, 3.8) is 0 Å². The van der Waals surface area contributed by atoms with Gasteiger partial charge in [-0.25, -0.2) is 12.8 Å². The van der Waals surface area contributed by atoms with E-state index in [1.807, 2.05) is 0 Å². The Labute approximate surface area is 116 Å². The normalized spacial score (nSPS) is 15.8. The topological polar surface area (TPSA) is 51.2 Å². The third-order valence-corrected chi connectivity index (χ3v) is 5.43. The van der Waals surface area contributed by atoms with Crippen LogP contribution >= 0.6 is 0 Å². The van der Waals surface area contributed by atoms with Crippen molar-refractivity contribution in [3.05, 3.63) is 58.9 Å². The van der Waals surface area contributed by atoms with E-state index >= 15 is 0 Å². The van der Waals surface area contributed by atoms with Crippen LogP contribution in [0.2, 0.25) is 0 Å². The number of sulfone groups is 1. The Morgan fingerprint density at radius 3 is 2.45 bits per heavy atom. The van der Waals surface area contributed by atoms with Gasteiger partial charge in [-0.15, -0.1) is 0 Å². The highest BCUT2D eigenvalue weighted by Crippen LogP contribution is 2.32. The molecule has 0 atom stereocenters. The monoisotopic (exact) mass is 290 g/mol. The lowest BCUT2D eigenvalue weighted by atomic mass is 10.0. The fourth-order valence-corrected chi connectivity index (χ4v) is 4.29. The van der Waals surface area contributed by atoms with E-state index in [4.69, 9.17) is 0 Å². The predicted molar refractivity (Wildman–Crippen MR) is 71.1 cm³/mol. The minimum atomic E-state index is -3.71. The second-order valence-corrected chi connectivity index (χ2v) is 6.63. The summed E-state index contributed by atoms with van der Waals surface area (Å²) in [6.45, 7) is 0. The van der Waals surface area contributed by atoms with E-state index in [2.05, 4.69) is 0 Å². The fourth-order valence-electron chi connectivity index (χ4n) is 2.49. The molecule has 0 spiro atoms. The Hall–Kier alpha value is -2.01. The predicted octanol–water partition coefficient (Wildman–Crippen LogP) is 2.57. The lowest BCUT2D eigenvalue weighted by Gasteiger charge is -2.08. The summed E-state index contributed by atoms with van der Waals surface area (Å²) in [5.74, 6) is -0.446. The van der Waals surface area contributed by atoms with Crippen LogP contribution in [0.25, 0.3) is 0 Å². The van der Waals surface area contributed by atoms with Gasteiger partial charge in [0.2, 0.25) is 9.84 Å². The van der Waals surface area contributed by atoms with E-state index in [0.29, 0.717) is 35.8 Å². The maximum Gasteiger partial charge on any atom is 0.207 e. The van der Waals surface area contributed by atoms with Crippen molar-refractivity contribution in [1.29, 1.82) is 0 Å². The van der Waals surface area contributed by atoms with Gasteiger partial charge in [0, 0.05) is 5.56 Å². The average Bonchev–Trinajstić information content (AvgIpc) is 2.54. The smallest absolute Gasteiger partial charge is 0.207 e. The molecule has 5 heteroatoms. The number of hydrogen-bond acceptors (Lipinski definition) is 3. The summed E-state index contributed by atoms with van der Waals surface area (Å²) in [7, 11) is -3.71. The Kier molecular flexibility index (Phi) is 2.94. The molecule has 0 saturated carbocycles.